The number of hydrogen-bond acceptors (Lipinski definition) is 4. The number of rotatable bonds is 1. The van der Waals surface area contributed by atoms with Crippen LogP contribution in [0.3, 0.4) is 0 Å². The Balaban J connectivity index is 2.62. The first-order valence-electron chi connectivity index (χ1n) is 2.90. The zero-order valence-electron chi connectivity index (χ0n) is 5.23. The van der Waals surface area contributed by atoms with E-state index < -0.39 is 12.4 Å². The summed E-state index contributed by atoms with van der Waals surface area (Å²) in [7, 11) is 0. The van der Waals surface area contributed by atoms with Gasteiger partial charge in [0.15, 0.2) is 12.1 Å². The van der Waals surface area contributed by atoms with Crippen molar-refractivity contribution >= 4 is 5.78 Å². The molecular formula is C6H8O4. The summed E-state index contributed by atoms with van der Waals surface area (Å²) < 4.78 is 4.62. The molecule has 0 saturated heterocycles. The molecule has 0 radical (unpaired) electrons. The number of ether oxygens (including phenoxy) is 1. The van der Waals surface area contributed by atoms with Crippen molar-refractivity contribution in [1.29, 1.82) is 0 Å². The van der Waals surface area contributed by atoms with Crippen molar-refractivity contribution in [3.8, 4) is 0 Å². The Morgan fingerprint density at radius 2 is 2.40 bits per heavy atom. The Labute approximate surface area is 57.7 Å². The van der Waals surface area contributed by atoms with Crippen LogP contribution in [-0.2, 0) is 9.53 Å². The van der Waals surface area contributed by atoms with Gasteiger partial charge in [-0.25, -0.2) is 0 Å². The summed E-state index contributed by atoms with van der Waals surface area (Å²) in [5.41, 5.74) is 0. The van der Waals surface area contributed by atoms with E-state index in [0.29, 0.717) is 0 Å². The predicted molar refractivity (Wildman–Crippen MR) is 32.1 cm³/mol. The van der Waals surface area contributed by atoms with Crippen molar-refractivity contribution in [3.63, 3.8) is 0 Å². The molecule has 2 atom stereocenters. The van der Waals surface area contributed by atoms with Gasteiger partial charge in [0, 0.05) is 0 Å². The molecule has 2 N–H and O–H groups in total. The molecule has 56 valence electrons. The maximum atomic E-state index is 10.7. The number of carbonyl (C=O) groups is 1. The van der Waals surface area contributed by atoms with Gasteiger partial charge in [-0.05, 0) is 12.2 Å². The normalized spacial score (nSPS) is 32.8. The minimum atomic E-state index is -1.06. The van der Waals surface area contributed by atoms with Gasteiger partial charge in [-0.3, -0.25) is 4.79 Å². The van der Waals surface area contributed by atoms with Gasteiger partial charge < -0.3 is 14.9 Å². The van der Waals surface area contributed by atoms with Gasteiger partial charge in [-0.2, -0.15) is 0 Å². The summed E-state index contributed by atoms with van der Waals surface area (Å²) in [4.78, 5) is 10.7. The summed E-state index contributed by atoms with van der Waals surface area (Å²) in [5.74, 6) is -0.312. The Kier molecular flexibility index (Phi) is 2.16. The minimum Gasteiger partial charge on any atom is -0.393 e. The van der Waals surface area contributed by atoms with Gasteiger partial charge in [0.25, 0.3) is 0 Å². The first kappa shape index (κ1) is 7.40. The van der Waals surface area contributed by atoms with E-state index in [-0.39, 0.29) is 12.4 Å². The molecule has 0 spiro atoms. The second kappa shape index (κ2) is 2.92. The molecule has 0 fully saturated rings. The standard InChI is InChI=1S/C6H8O4/c7-3-5-4(8)1-2-6(9)10-5/h1-2,5-7,9H,3H2/t5-,6?/m1/s1. The van der Waals surface area contributed by atoms with E-state index in [1.54, 1.807) is 0 Å². The van der Waals surface area contributed by atoms with E-state index in [4.69, 9.17) is 10.2 Å². The maximum absolute atomic E-state index is 10.7. The molecule has 0 bridgehead atoms. The second-order valence-electron chi connectivity index (χ2n) is 1.96. The zero-order chi connectivity index (χ0) is 7.56. The summed E-state index contributed by atoms with van der Waals surface area (Å²) in [6.45, 7) is -0.389. The molecule has 1 unspecified atom stereocenters. The highest BCUT2D eigenvalue weighted by atomic mass is 16.6. The molecule has 0 aromatic carbocycles. The maximum Gasteiger partial charge on any atom is 0.186 e. The van der Waals surface area contributed by atoms with Gasteiger partial charge >= 0.3 is 0 Å². The van der Waals surface area contributed by atoms with Crippen LogP contribution in [-0.4, -0.2) is 35.0 Å². The highest BCUT2D eigenvalue weighted by molar-refractivity contribution is 5.94. The monoisotopic (exact) mass is 144 g/mol. The molecule has 0 aromatic rings. The van der Waals surface area contributed by atoms with Crippen LogP contribution < -0.4 is 0 Å². The SMILES string of the molecule is O=C1C=CC(O)O[C@@H]1CO. The molecule has 1 aliphatic rings. The molecule has 0 aliphatic carbocycles. The topological polar surface area (TPSA) is 66.8 Å². The predicted octanol–water partition coefficient (Wildman–Crippen LogP) is -1.18. The lowest BCUT2D eigenvalue weighted by atomic mass is 10.2. The van der Waals surface area contributed by atoms with Crippen LogP contribution in [0, 0.1) is 0 Å². The highest BCUT2D eigenvalue weighted by Gasteiger charge is 2.22. The van der Waals surface area contributed by atoms with Crippen LogP contribution in [0.15, 0.2) is 12.2 Å². The molecule has 4 heteroatoms. The third-order valence-electron chi connectivity index (χ3n) is 1.21. The van der Waals surface area contributed by atoms with E-state index in [1.807, 2.05) is 0 Å². The first-order valence-corrected chi connectivity index (χ1v) is 2.90. The largest absolute Gasteiger partial charge is 0.393 e. The van der Waals surface area contributed by atoms with Crippen molar-refractivity contribution in [2.45, 2.75) is 12.4 Å². The van der Waals surface area contributed by atoms with Crippen LogP contribution in [0.25, 0.3) is 0 Å². The lowest BCUT2D eigenvalue weighted by molar-refractivity contribution is -0.153. The average molecular weight is 144 g/mol. The Bertz CT molecular complexity index is 163. The van der Waals surface area contributed by atoms with Gasteiger partial charge in [0.1, 0.15) is 6.10 Å². The third-order valence-corrected chi connectivity index (χ3v) is 1.21. The fraction of sp³-hybridized carbons (Fsp3) is 0.500. The van der Waals surface area contributed by atoms with Crippen LogP contribution in [0.5, 0.6) is 0 Å². The molecule has 1 heterocycles. The van der Waals surface area contributed by atoms with Crippen LogP contribution in [0.2, 0.25) is 0 Å². The van der Waals surface area contributed by atoms with Crippen molar-refractivity contribution in [2.75, 3.05) is 6.61 Å². The van der Waals surface area contributed by atoms with Crippen molar-refractivity contribution in [3.05, 3.63) is 12.2 Å². The smallest absolute Gasteiger partial charge is 0.186 e. The van der Waals surface area contributed by atoms with Gasteiger partial charge in [0.2, 0.25) is 0 Å². The molecular weight excluding hydrogens is 136 g/mol. The summed E-state index contributed by atoms with van der Waals surface area (Å²) in [5, 5.41) is 17.2. The summed E-state index contributed by atoms with van der Waals surface area (Å²) in [6.07, 6.45) is 0.485. The highest BCUT2D eigenvalue weighted by Crippen LogP contribution is 2.05. The van der Waals surface area contributed by atoms with Gasteiger partial charge in [-0.1, -0.05) is 0 Å². The number of aliphatic hydroxyl groups excluding tert-OH is 2. The van der Waals surface area contributed by atoms with Crippen molar-refractivity contribution < 1.29 is 19.7 Å². The number of carbonyl (C=O) groups excluding carboxylic acids is 1. The fourth-order valence-corrected chi connectivity index (χ4v) is 0.698. The van der Waals surface area contributed by atoms with E-state index in [1.165, 1.54) is 12.2 Å². The third kappa shape index (κ3) is 1.41. The van der Waals surface area contributed by atoms with Gasteiger partial charge in [0.05, 0.1) is 6.61 Å². The van der Waals surface area contributed by atoms with Crippen molar-refractivity contribution in [2.24, 2.45) is 0 Å². The minimum absolute atomic E-state index is 0.312. The lowest BCUT2D eigenvalue weighted by Gasteiger charge is -2.18. The molecule has 0 amide bonds. The number of hydrogen-bond donors (Lipinski definition) is 2. The summed E-state index contributed by atoms with van der Waals surface area (Å²) in [6, 6.07) is 0. The Morgan fingerprint density at radius 3 is 2.90 bits per heavy atom. The molecule has 0 aromatic heterocycles. The van der Waals surface area contributed by atoms with E-state index in [0.717, 1.165) is 0 Å². The quantitative estimate of drug-likeness (QED) is 0.486. The molecule has 10 heavy (non-hydrogen) atoms. The molecule has 1 aliphatic heterocycles. The van der Waals surface area contributed by atoms with Crippen LogP contribution in [0.4, 0.5) is 0 Å². The Morgan fingerprint density at radius 1 is 1.70 bits per heavy atom. The first-order chi connectivity index (χ1) is 4.74. The fourth-order valence-electron chi connectivity index (χ4n) is 0.698. The van der Waals surface area contributed by atoms with E-state index >= 15 is 0 Å². The van der Waals surface area contributed by atoms with Crippen LogP contribution in [0.1, 0.15) is 0 Å². The van der Waals surface area contributed by atoms with Crippen molar-refractivity contribution in [1.82, 2.24) is 0 Å². The number of aliphatic hydroxyl groups is 2. The Hall–Kier alpha value is -0.710. The molecule has 4 nitrogen and oxygen atoms in total. The van der Waals surface area contributed by atoms with E-state index in [9.17, 15) is 4.79 Å². The lowest BCUT2D eigenvalue weighted by Crippen LogP contribution is -2.34. The van der Waals surface area contributed by atoms with Crippen LogP contribution >= 0.6 is 0 Å². The van der Waals surface area contributed by atoms with E-state index in [2.05, 4.69) is 4.74 Å². The second-order valence-corrected chi connectivity index (χ2v) is 1.96. The van der Waals surface area contributed by atoms with Gasteiger partial charge in [-0.15, -0.1) is 0 Å². The molecule has 1 rings (SSSR count). The zero-order valence-corrected chi connectivity index (χ0v) is 5.23. The number of ketones is 1. The summed E-state index contributed by atoms with van der Waals surface area (Å²) >= 11 is 0. The average Bonchev–Trinajstić information content (AvgIpc) is 1.94. The molecule has 0 saturated carbocycles.